The van der Waals surface area contributed by atoms with Gasteiger partial charge in [-0.15, -0.1) is 0 Å². The predicted molar refractivity (Wildman–Crippen MR) is 90.0 cm³/mol. The second-order valence-corrected chi connectivity index (χ2v) is 7.57. The molecular weight excluding hydrogens is 399 g/mol. The van der Waals surface area contributed by atoms with Crippen molar-refractivity contribution in [2.24, 2.45) is 0 Å². The minimum atomic E-state index is -0.623. The Morgan fingerprint density at radius 1 is 0.909 bits per heavy atom. The lowest BCUT2D eigenvalue weighted by molar-refractivity contribution is -0.150. The van der Waals surface area contributed by atoms with Crippen LogP contribution < -0.4 is 0 Å². The van der Waals surface area contributed by atoms with Crippen LogP contribution in [-0.2, 0) is 19.2 Å². The number of amides is 4. The Kier molecular flexibility index (Phi) is 6.96. The average molecular weight is 422 g/mol. The summed E-state index contributed by atoms with van der Waals surface area (Å²) in [6.45, 7) is 3.99. The van der Waals surface area contributed by atoms with Crippen LogP contribution >= 0.6 is 22.6 Å². The quantitative estimate of drug-likeness (QED) is 0.224. The highest BCUT2D eigenvalue weighted by Gasteiger charge is 2.41. The molecule has 0 aromatic rings. The van der Waals surface area contributed by atoms with E-state index in [2.05, 4.69) is 22.6 Å². The van der Waals surface area contributed by atoms with E-state index >= 15 is 0 Å². The molecule has 6 nitrogen and oxygen atoms in total. The van der Waals surface area contributed by atoms with Crippen LogP contribution in [0.2, 0.25) is 0 Å². The SMILES string of the molecule is CCCC(I)(CCC)N1C(=O)CCC(=O)N(C)C(=O)CC1=O. The van der Waals surface area contributed by atoms with Crippen LogP contribution in [0.5, 0.6) is 0 Å². The molecule has 0 saturated carbocycles. The molecule has 1 aliphatic heterocycles. The normalized spacial score (nSPS) is 18.4. The molecule has 1 fully saturated rings. The summed E-state index contributed by atoms with van der Waals surface area (Å²) < 4.78 is -0.623. The summed E-state index contributed by atoms with van der Waals surface area (Å²) in [5.41, 5.74) is 0. The molecule has 0 spiro atoms. The second-order valence-electron chi connectivity index (χ2n) is 5.56. The number of imide groups is 2. The highest BCUT2D eigenvalue weighted by atomic mass is 127. The van der Waals surface area contributed by atoms with E-state index in [0.29, 0.717) is 12.8 Å². The number of alkyl halides is 1. The van der Waals surface area contributed by atoms with Crippen molar-refractivity contribution in [2.75, 3.05) is 7.05 Å². The number of hydrogen-bond donors (Lipinski definition) is 0. The molecule has 7 heteroatoms. The summed E-state index contributed by atoms with van der Waals surface area (Å²) in [5.74, 6) is -1.84. The first-order valence-electron chi connectivity index (χ1n) is 7.61. The Hall–Kier alpha value is -0.990. The summed E-state index contributed by atoms with van der Waals surface area (Å²) in [6, 6.07) is 0. The maximum atomic E-state index is 12.5. The Morgan fingerprint density at radius 2 is 1.41 bits per heavy atom. The van der Waals surface area contributed by atoms with Gasteiger partial charge in [-0.1, -0.05) is 49.3 Å². The van der Waals surface area contributed by atoms with Crippen LogP contribution in [0, 0.1) is 0 Å². The molecule has 1 aliphatic rings. The number of carbonyl (C=O) groups excluding carboxylic acids is 4. The van der Waals surface area contributed by atoms with E-state index in [9.17, 15) is 19.2 Å². The highest BCUT2D eigenvalue weighted by Crippen LogP contribution is 2.36. The van der Waals surface area contributed by atoms with Crippen molar-refractivity contribution in [3.8, 4) is 0 Å². The van der Waals surface area contributed by atoms with Crippen LogP contribution in [0.4, 0.5) is 0 Å². The zero-order valence-corrected chi connectivity index (χ0v) is 15.5. The van der Waals surface area contributed by atoms with Crippen LogP contribution in [0.15, 0.2) is 0 Å². The summed E-state index contributed by atoms with van der Waals surface area (Å²) >= 11 is 2.16. The van der Waals surface area contributed by atoms with E-state index in [4.69, 9.17) is 0 Å². The third kappa shape index (κ3) is 4.27. The molecule has 0 aromatic heterocycles. The molecule has 0 N–H and O–H groups in total. The first-order valence-corrected chi connectivity index (χ1v) is 8.69. The largest absolute Gasteiger partial charge is 0.285 e. The summed E-state index contributed by atoms with van der Waals surface area (Å²) in [6.07, 6.45) is 2.48. The third-order valence-corrected chi connectivity index (χ3v) is 5.33. The standard InChI is InChI=1S/C15H23IN2O4/c1-4-8-15(16,9-5-2)18-12(20)7-6-11(19)17(3)13(21)10-14(18)22/h4-10H2,1-3H3. The van der Waals surface area contributed by atoms with Crippen molar-refractivity contribution >= 4 is 46.2 Å². The molecule has 124 valence electrons. The average Bonchev–Trinajstić information content (AvgIpc) is 2.46. The fraction of sp³-hybridized carbons (Fsp3) is 0.733. The van der Waals surface area contributed by atoms with E-state index in [1.165, 1.54) is 11.9 Å². The van der Waals surface area contributed by atoms with Gasteiger partial charge in [-0.3, -0.25) is 29.0 Å². The fourth-order valence-corrected chi connectivity index (χ4v) is 4.28. The van der Waals surface area contributed by atoms with Gasteiger partial charge in [-0.2, -0.15) is 0 Å². The molecule has 22 heavy (non-hydrogen) atoms. The molecule has 1 rings (SSSR count). The topological polar surface area (TPSA) is 74.8 Å². The molecule has 0 bridgehead atoms. The zero-order chi connectivity index (χ0) is 16.9. The summed E-state index contributed by atoms with van der Waals surface area (Å²) in [4.78, 5) is 51.0. The highest BCUT2D eigenvalue weighted by molar-refractivity contribution is 14.1. The van der Waals surface area contributed by atoms with Gasteiger partial charge in [0.15, 0.2) is 0 Å². The van der Waals surface area contributed by atoms with Crippen molar-refractivity contribution in [2.45, 2.75) is 62.3 Å². The first kappa shape index (κ1) is 19.1. The van der Waals surface area contributed by atoms with Gasteiger partial charge in [0.25, 0.3) is 0 Å². The number of halogens is 1. The van der Waals surface area contributed by atoms with Crippen LogP contribution in [0.1, 0.15) is 58.8 Å². The molecule has 4 amide bonds. The molecule has 0 unspecified atom stereocenters. The number of rotatable bonds is 5. The van der Waals surface area contributed by atoms with Gasteiger partial charge in [-0.25, -0.2) is 0 Å². The zero-order valence-electron chi connectivity index (χ0n) is 13.4. The lowest BCUT2D eigenvalue weighted by atomic mass is 10.0. The van der Waals surface area contributed by atoms with Gasteiger partial charge in [0.05, 0.1) is 0 Å². The molecule has 0 atom stereocenters. The van der Waals surface area contributed by atoms with Crippen molar-refractivity contribution < 1.29 is 19.2 Å². The maximum Gasteiger partial charge on any atom is 0.239 e. The minimum absolute atomic E-state index is 0.0413. The second kappa shape index (κ2) is 8.03. The van der Waals surface area contributed by atoms with Gasteiger partial charge in [0.1, 0.15) is 9.97 Å². The number of carbonyl (C=O) groups is 4. The molecule has 1 heterocycles. The van der Waals surface area contributed by atoms with Crippen LogP contribution in [0.25, 0.3) is 0 Å². The van der Waals surface area contributed by atoms with Crippen LogP contribution in [-0.4, -0.2) is 44.0 Å². The van der Waals surface area contributed by atoms with Crippen molar-refractivity contribution in [1.82, 2.24) is 9.80 Å². The molecule has 0 radical (unpaired) electrons. The summed E-state index contributed by atoms with van der Waals surface area (Å²) in [7, 11) is 1.35. The predicted octanol–water partition coefficient (Wildman–Crippen LogP) is 2.24. The Bertz CT molecular complexity index is 472. The van der Waals surface area contributed by atoms with Crippen molar-refractivity contribution in [1.29, 1.82) is 0 Å². The van der Waals surface area contributed by atoms with E-state index in [-0.39, 0.29) is 18.7 Å². The number of nitrogens with zero attached hydrogens (tertiary/aromatic N) is 2. The smallest absolute Gasteiger partial charge is 0.239 e. The Labute approximate surface area is 144 Å². The molecule has 0 aliphatic carbocycles. The van der Waals surface area contributed by atoms with E-state index < -0.39 is 27.7 Å². The molecule has 1 saturated heterocycles. The van der Waals surface area contributed by atoms with Gasteiger partial charge < -0.3 is 0 Å². The van der Waals surface area contributed by atoms with Gasteiger partial charge in [0, 0.05) is 19.9 Å². The Balaban J connectivity index is 3.18. The Morgan fingerprint density at radius 3 is 1.91 bits per heavy atom. The van der Waals surface area contributed by atoms with E-state index in [1.54, 1.807) is 0 Å². The van der Waals surface area contributed by atoms with Crippen molar-refractivity contribution in [3.63, 3.8) is 0 Å². The maximum absolute atomic E-state index is 12.5. The first-order chi connectivity index (χ1) is 10.3. The van der Waals surface area contributed by atoms with Gasteiger partial charge in [0.2, 0.25) is 23.6 Å². The van der Waals surface area contributed by atoms with Gasteiger partial charge in [-0.05, 0) is 12.8 Å². The fourth-order valence-electron chi connectivity index (χ4n) is 2.66. The lowest BCUT2D eigenvalue weighted by Gasteiger charge is -2.38. The number of hydrogen-bond acceptors (Lipinski definition) is 4. The van der Waals surface area contributed by atoms with Gasteiger partial charge >= 0.3 is 0 Å². The minimum Gasteiger partial charge on any atom is -0.285 e. The third-order valence-electron chi connectivity index (χ3n) is 3.77. The monoisotopic (exact) mass is 422 g/mol. The molecule has 0 aromatic carbocycles. The molecular formula is C15H23IN2O4. The van der Waals surface area contributed by atoms with E-state index in [0.717, 1.165) is 17.7 Å². The van der Waals surface area contributed by atoms with E-state index in [1.807, 2.05) is 13.8 Å². The van der Waals surface area contributed by atoms with Crippen LogP contribution in [0.3, 0.4) is 0 Å². The lowest BCUT2D eigenvalue weighted by Crippen LogP contribution is -2.51. The summed E-state index contributed by atoms with van der Waals surface area (Å²) in [5, 5.41) is 0. The van der Waals surface area contributed by atoms with Crippen molar-refractivity contribution in [3.05, 3.63) is 0 Å².